The van der Waals surface area contributed by atoms with Gasteiger partial charge in [-0.25, -0.2) is 4.79 Å². The van der Waals surface area contributed by atoms with Gasteiger partial charge in [0.05, 0.1) is 7.11 Å². The number of urea groups is 1. The molecule has 0 saturated carbocycles. The summed E-state index contributed by atoms with van der Waals surface area (Å²) in [5.41, 5.74) is 0.871. The van der Waals surface area contributed by atoms with E-state index in [0.29, 0.717) is 18.8 Å². The Morgan fingerprint density at radius 3 is 2.60 bits per heavy atom. The molecular weight excluding hydrogens is 258 g/mol. The van der Waals surface area contributed by atoms with E-state index < -0.39 is 12.1 Å². The van der Waals surface area contributed by atoms with Crippen LogP contribution in [-0.4, -0.2) is 31.6 Å². The molecule has 0 aliphatic carbocycles. The summed E-state index contributed by atoms with van der Waals surface area (Å²) in [5.74, 6) is 0.504. The van der Waals surface area contributed by atoms with Gasteiger partial charge in [-0.1, -0.05) is 18.2 Å². The highest BCUT2D eigenvalue weighted by Crippen LogP contribution is 2.16. The quantitative estimate of drug-likeness (QED) is 0.727. The van der Waals surface area contributed by atoms with E-state index in [-0.39, 0.29) is 5.91 Å². The van der Waals surface area contributed by atoms with Gasteiger partial charge < -0.3 is 20.7 Å². The first-order valence-corrected chi connectivity index (χ1v) is 6.52. The molecule has 1 atom stereocenters. The van der Waals surface area contributed by atoms with Gasteiger partial charge in [0.25, 0.3) is 0 Å². The van der Waals surface area contributed by atoms with E-state index in [0.717, 1.165) is 5.56 Å². The topological polar surface area (TPSA) is 79.5 Å². The standard InChI is InChI=1S/C14H21N3O3/c1-4-15-13(18)10(2)17-14(19)16-9-11-7-5-6-8-12(11)20-3/h5-8,10H,4,9H2,1-3H3,(H,15,18)(H2,16,17,19). The number of rotatable bonds is 6. The molecule has 0 aliphatic rings. The SMILES string of the molecule is CCNC(=O)C(C)NC(=O)NCc1ccccc1OC. The number of carbonyl (C=O) groups is 2. The van der Waals surface area contributed by atoms with Crippen LogP contribution in [0.3, 0.4) is 0 Å². The van der Waals surface area contributed by atoms with E-state index >= 15 is 0 Å². The Morgan fingerprint density at radius 1 is 1.25 bits per heavy atom. The van der Waals surface area contributed by atoms with Crippen molar-refractivity contribution in [2.75, 3.05) is 13.7 Å². The number of para-hydroxylation sites is 1. The van der Waals surface area contributed by atoms with Gasteiger partial charge >= 0.3 is 6.03 Å². The summed E-state index contributed by atoms with van der Waals surface area (Å²) in [4.78, 5) is 23.2. The second-order valence-corrected chi connectivity index (χ2v) is 4.26. The molecule has 6 nitrogen and oxygen atoms in total. The number of hydrogen-bond acceptors (Lipinski definition) is 3. The van der Waals surface area contributed by atoms with Crippen LogP contribution < -0.4 is 20.7 Å². The van der Waals surface area contributed by atoms with Crippen LogP contribution >= 0.6 is 0 Å². The van der Waals surface area contributed by atoms with Crippen molar-refractivity contribution in [1.82, 2.24) is 16.0 Å². The van der Waals surface area contributed by atoms with Crippen molar-refractivity contribution in [2.24, 2.45) is 0 Å². The van der Waals surface area contributed by atoms with Gasteiger partial charge in [-0.2, -0.15) is 0 Å². The Balaban J connectivity index is 2.45. The van der Waals surface area contributed by atoms with E-state index in [9.17, 15) is 9.59 Å². The van der Waals surface area contributed by atoms with Crippen molar-refractivity contribution in [3.8, 4) is 5.75 Å². The maximum Gasteiger partial charge on any atom is 0.315 e. The van der Waals surface area contributed by atoms with Crippen molar-refractivity contribution < 1.29 is 14.3 Å². The number of nitrogens with one attached hydrogen (secondary N) is 3. The Kier molecular flexibility index (Phi) is 6.36. The molecule has 0 fully saturated rings. The van der Waals surface area contributed by atoms with Crippen molar-refractivity contribution in [2.45, 2.75) is 26.4 Å². The zero-order valence-electron chi connectivity index (χ0n) is 12.0. The zero-order chi connectivity index (χ0) is 15.0. The molecule has 3 N–H and O–H groups in total. The Bertz CT molecular complexity index is 463. The molecule has 20 heavy (non-hydrogen) atoms. The van der Waals surface area contributed by atoms with Crippen LogP contribution in [0.5, 0.6) is 5.75 Å². The Labute approximate surface area is 118 Å². The number of hydrogen-bond donors (Lipinski definition) is 3. The molecule has 110 valence electrons. The van der Waals surface area contributed by atoms with Crippen LogP contribution in [0.4, 0.5) is 4.79 Å². The summed E-state index contributed by atoms with van der Waals surface area (Å²) < 4.78 is 5.19. The van der Waals surface area contributed by atoms with Crippen LogP contribution in [-0.2, 0) is 11.3 Å². The first-order valence-electron chi connectivity index (χ1n) is 6.52. The number of ether oxygens (including phenoxy) is 1. The lowest BCUT2D eigenvalue weighted by Crippen LogP contribution is -2.48. The van der Waals surface area contributed by atoms with Gasteiger partial charge in [-0.15, -0.1) is 0 Å². The molecule has 0 aromatic heterocycles. The van der Waals surface area contributed by atoms with E-state index in [1.165, 1.54) is 0 Å². The molecule has 1 rings (SSSR count). The third kappa shape index (κ3) is 4.79. The van der Waals surface area contributed by atoms with Crippen molar-refractivity contribution >= 4 is 11.9 Å². The van der Waals surface area contributed by atoms with Gasteiger partial charge in [0.2, 0.25) is 5.91 Å². The fourth-order valence-electron chi connectivity index (χ4n) is 1.67. The fraction of sp³-hybridized carbons (Fsp3) is 0.429. The lowest BCUT2D eigenvalue weighted by molar-refractivity contribution is -0.122. The average molecular weight is 279 g/mol. The lowest BCUT2D eigenvalue weighted by atomic mass is 10.2. The third-order valence-electron chi connectivity index (χ3n) is 2.72. The molecule has 0 spiro atoms. The minimum Gasteiger partial charge on any atom is -0.496 e. The van der Waals surface area contributed by atoms with Crippen LogP contribution in [0.1, 0.15) is 19.4 Å². The lowest BCUT2D eigenvalue weighted by Gasteiger charge is -2.14. The summed E-state index contributed by atoms with van der Waals surface area (Å²) in [5, 5.41) is 7.90. The van der Waals surface area contributed by atoms with E-state index in [1.54, 1.807) is 14.0 Å². The summed E-state index contributed by atoms with van der Waals surface area (Å²) in [6, 6.07) is 6.45. The van der Waals surface area contributed by atoms with E-state index in [4.69, 9.17) is 4.74 Å². The monoisotopic (exact) mass is 279 g/mol. The van der Waals surface area contributed by atoms with Crippen LogP contribution in [0, 0.1) is 0 Å². The second kappa shape index (κ2) is 8.04. The largest absolute Gasteiger partial charge is 0.496 e. The minimum absolute atomic E-state index is 0.208. The number of benzene rings is 1. The molecule has 1 aromatic rings. The molecule has 0 saturated heterocycles. The predicted octanol–water partition coefficient (Wildman–Crippen LogP) is 1.02. The van der Waals surface area contributed by atoms with Gasteiger partial charge in [0.1, 0.15) is 11.8 Å². The smallest absolute Gasteiger partial charge is 0.315 e. The summed E-state index contributed by atoms with van der Waals surface area (Å²) in [6.45, 7) is 4.33. The predicted molar refractivity (Wildman–Crippen MR) is 76.5 cm³/mol. The highest BCUT2D eigenvalue weighted by Gasteiger charge is 2.14. The van der Waals surface area contributed by atoms with Gasteiger partial charge in [0.15, 0.2) is 0 Å². The highest BCUT2D eigenvalue weighted by atomic mass is 16.5. The average Bonchev–Trinajstić information content (AvgIpc) is 2.45. The Hall–Kier alpha value is -2.24. The van der Waals surface area contributed by atoms with Crippen LogP contribution in [0.2, 0.25) is 0 Å². The van der Waals surface area contributed by atoms with Crippen LogP contribution in [0.25, 0.3) is 0 Å². The molecule has 0 heterocycles. The molecule has 3 amide bonds. The molecule has 1 unspecified atom stereocenters. The summed E-state index contributed by atoms with van der Waals surface area (Å²) in [6.07, 6.45) is 0. The minimum atomic E-state index is -0.576. The van der Waals surface area contributed by atoms with Gasteiger partial charge in [-0.3, -0.25) is 4.79 Å². The number of carbonyl (C=O) groups excluding carboxylic acids is 2. The molecule has 0 radical (unpaired) electrons. The number of methoxy groups -OCH3 is 1. The van der Waals surface area contributed by atoms with Crippen LogP contribution in [0.15, 0.2) is 24.3 Å². The van der Waals surface area contributed by atoms with Crippen molar-refractivity contribution in [3.63, 3.8) is 0 Å². The number of amides is 3. The van der Waals surface area contributed by atoms with Crippen molar-refractivity contribution in [3.05, 3.63) is 29.8 Å². The van der Waals surface area contributed by atoms with E-state index in [2.05, 4.69) is 16.0 Å². The number of likely N-dealkylation sites (N-methyl/N-ethyl adjacent to an activating group) is 1. The Morgan fingerprint density at radius 2 is 1.95 bits per heavy atom. The molecule has 6 heteroatoms. The summed E-state index contributed by atoms with van der Waals surface area (Å²) >= 11 is 0. The molecule has 0 aliphatic heterocycles. The first-order chi connectivity index (χ1) is 9.58. The second-order valence-electron chi connectivity index (χ2n) is 4.26. The third-order valence-corrected chi connectivity index (χ3v) is 2.72. The van der Waals surface area contributed by atoms with E-state index in [1.807, 2.05) is 31.2 Å². The van der Waals surface area contributed by atoms with Gasteiger partial charge in [0, 0.05) is 18.7 Å². The van der Waals surface area contributed by atoms with Gasteiger partial charge in [-0.05, 0) is 19.9 Å². The highest BCUT2D eigenvalue weighted by molar-refractivity contribution is 5.86. The fourth-order valence-corrected chi connectivity index (χ4v) is 1.67. The molecule has 0 bridgehead atoms. The normalized spacial score (nSPS) is 11.3. The molecular formula is C14H21N3O3. The molecule has 1 aromatic carbocycles. The zero-order valence-corrected chi connectivity index (χ0v) is 12.0. The summed E-state index contributed by atoms with van der Waals surface area (Å²) in [7, 11) is 1.58. The first kappa shape index (κ1) is 15.8. The maximum absolute atomic E-state index is 11.7. The van der Waals surface area contributed by atoms with Crippen molar-refractivity contribution in [1.29, 1.82) is 0 Å². The maximum atomic E-state index is 11.7.